The van der Waals surface area contributed by atoms with E-state index < -0.39 is 22.6 Å². The van der Waals surface area contributed by atoms with Crippen LogP contribution in [0.15, 0.2) is 76.2 Å². The van der Waals surface area contributed by atoms with Crippen molar-refractivity contribution in [3.63, 3.8) is 0 Å². The molecule has 0 bridgehead atoms. The van der Waals surface area contributed by atoms with E-state index in [1.807, 2.05) is 24.3 Å². The van der Waals surface area contributed by atoms with Crippen LogP contribution >= 0.6 is 0 Å². The highest BCUT2D eigenvalue weighted by atomic mass is 32.2. The fraction of sp³-hybridized carbons (Fsp3) is 0.182. The number of furan rings is 1. The summed E-state index contributed by atoms with van der Waals surface area (Å²) in [6, 6.07) is 16.2. The number of hydrogen-bond acceptors (Lipinski definition) is 6. The first kappa shape index (κ1) is 20.8. The number of nitrogens with one attached hydrogen (secondary N) is 1. The van der Waals surface area contributed by atoms with Crippen LogP contribution in [0.5, 0.6) is 0 Å². The molecule has 1 aliphatic heterocycles. The number of benzene rings is 2. The van der Waals surface area contributed by atoms with Crippen LogP contribution in [-0.2, 0) is 32.5 Å². The molecule has 0 radical (unpaired) electrons. The summed E-state index contributed by atoms with van der Waals surface area (Å²) in [5.74, 6) is -0.526. The van der Waals surface area contributed by atoms with Crippen LogP contribution in [0.4, 0.5) is 5.69 Å². The number of para-hydroxylation sites is 1. The van der Waals surface area contributed by atoms with Crippen molar-refractivity contribution in [2.75, 3.05) is 18.1 Å². The Morgan fingerprint density at radius 2 is 1.81 bits per heavy atom. The van der Waals surface area contributed by atoms with Crippen LogP contribution in [0.1, 0.15) is 21.7 Å². The molecule has 1 N–H and O–H groups in total. The minimum absolute atomic E-state index is 0.000330. The quantitative estimate of drug-likeness (QED) is 0.566. The zero-order chi connectivity index (χ0) is 21.8. The molecule has 0 atom stereocenters. The molecular weight excluding hydrogens is 420 g/mol. The second-order valence-corrected chi connectivity index (χ2v) is 8.70. The summed E-state index contributed by atoms with van der Waals surface area (Å²) in [4.78, 5) is 26.3. The van der Waals surface area contributed by atoms with Gasteiger partial charge in [0, 0.05) is 12.2 Å². The van der Waals surface area contributed by atoms with Gasteiger partial charge in [-0.15, -0.1) is 0 Å². The smallest absolute Gasteiger partial charge is 0.338 e. The van der Waals surface area contributed by atoms with Gasteiger partial charge in [0.2, 0.25) is 10.0 Å². The van der Waals surface area contributed by atoms with E-state index >= 15 is 0 Å². The molecule has 1 amide bonds. The molecule has 4 rings (SSSR count). The SMILES string of the molecule is O=C(OCC(=O)N1CCc2ccccc21)c1ccc(S(=O)(=O)NCc2ccco2)cc1. The average molecular weight is 440 g/mol. The summed E-state index contributed by atoms with van der Waals surface area (Å²) in [6.07, 6.45) is 2.22. The molecule has 8 nitrogen and oxygen atoms in total. The van der Waals surface area contributed by atoms with Crippen LogP contribution in [0.3, 0.4) is 0 Å². The van der Waals surface area contributed by atoms with Crippen molar-refractivity contribution in [3.8, 4) is 0 Å². The number of anilines is 1. The largest absolute Gasteiger partial charge is 0.468 e. The van der Waals surface area contributed by atoms with E-state index in [9.17, 15) is 18.0 Å². The highest BCUT2D eigenvalue weighted by Gasteiger charge is 2.25. The summed E-state index contributed by atoms with van der Waals surface area (Å²) < 4.78 is 37.4. The van der Waals surface area contributed by atoms with Crippen molar-refractivity contribution >= 4 is 27.6 Å². The summed E-state index contributed by atoms with van der Waals surface area (Å²) in [6.45, 7) is 0.173. The second kappa shape index (κ2) is 8.75. The summed E-state index contributed by atoms with van der Waals surface area (Å²) in [5, 5.41) is 0. The summed E-state index contributed by atoms with van der Waals surface area (Å²) >= 11 is 0. The van der Waals surface area contributed by atoms with E-state index in [0.717, 1.165) is 17.7 Å². The monoisotopic (exact) mass is 440 g/mol. The molecular formula is C22H20N2O6S. The molecule has 0 saturated carbocycles. The molecule has 1 aliphatic rings. The van der Waals surface area contributed by atoms with E-state index in [-0.39, 0.29) is 22.9 Å². The van der Waals surface area contributed by atoms with Crippen molar-refractivity contribution in [1.82, 2.24) is 4.72 Å². The predicted molar refractivity (Wildman–Crippen MR) is 112 cm³/mol. The van der Waals surface area contributed by atoms with Crippen LogP contribution in [0.25, 0.3) is 0 Å². The fourth-order valence-corrected chi connectivity index (χ4v) is 4.31. The molecule has 0 fully saturated rings. The highest BCUT2D eigenvalue weighted by Crippen LogP contribution is 2.27. The van der Waals surface area contributed by atoms with Crippen molar-refractivity contribution in [2.24, 2.45) is 0 Å². The second-order valence-electron chi connectivity index (χ2n) is 6.93. The number of carbonyl (C=O) groups excluding carboxylic acids is 2. The lowest BCUT2D eigenvalue weighted by molar-refractivity contribution is -0.121. The Morgan fingerprint density at radius 3 is 2.55 bits per heavy atom. The van der Waals surface area contributed by atoms with Crippen molar-refractivity contribution in [2.45, 2.75) is 17.9 Å². The van der Waals surface area contributed by atoms with Gasteiger partial charge in [0.25, 0.3) is 5.91 Å². The zero-order valence-electron chi connectivity index (χ0n) is 16.5. The Kier molecular flexibility index (Phi) is 5.88. The maximum atomic E-state index is 12.5. The Bertz CT molecular complexity index is 1190. The molecule has 9 heteroatoms. The predicted octanol–water partition coefficient (Wildman–Crippen LogP) is 2.50. The third-order valence-corrected chi connectivity index (χ3v) is 6.35. The fourth-order valence-electron chi connectivity index (χ4n) is 3.32. The van der Waals surface area contributed by atoms with E-state index in [1.165, 1.54) is 30.5 Å². The van der Waals surface area contributed by atoms with Crippen molar-refractivity contribution in [1.29, 1.82) is 0 Å². The minimum atomic E-state index is -3.77. The van der Waals surface area contributed by atoms with Gasteiger partial charge in [0.05, 0.1) is 23.3 Å². The Hall–Kier alpha value is -3.43. The third-order valence-electron chi connectivity index (χ3n) is 4.93. The van der Waals surface area contributed by atoms with Gasteiger partial charge in [-0.2, -0.15) is 0 Å². The normalized spacial score (nSPS) is 13.1. The van der Waals surface area contributed by atoms with Crippen molar-refractivity contribution in [3.05, 3.63) is 83.8 Å². The molecule has 160 valence electrons. The molecule has 31 heavy (non-hydrogen) atoms. The molecule has 0 spiro atoms. The average Bonchev–Trinajstić information content (AvgIpc) is 3.46. The first-order chi connectivity index (χ1) is 14.9. The van der Waals surface area contributed by atoms with Gasteiger partial charge >= 0.3 is 5.97 Å². The van der Waals surface area contributed by atoms with Crippen LogP contribution in [0, 0.1) is 0 Å². The van der Waals surface area contributed by atoms with E-state index in [2.05, 4.69) is 4.72 Å². The van der Waals surface area contributed by atoms with Gasteiger partial charge < -0.3 is 14.1 Å². The molecule has 2 heterocycles. The van der Waals surface area contributed by atoms with Crippen LogP contribution < -0.4 is 9.62 Å². The Morgan fingerprint density at radius 1 is 1.03 bits per heavy atom. The first-order valence-electron chi connectivity index (χ1n) is 9.61. The number of carbonyl (C=O) groups is 2. The Balaban J connectivity index is 1.33. The van der Waals surface area contributed by atoms with Crippen molar-refractivity contribution < 1.29 is 27.2 Å². The van der Waals surface area contributed by atoms with Crippen LogP contribution in [-0.4, -0.2) is 33.4 Å². The number of fused-ring (bicyclic) bond motifs is 1. The summed E-state index contributed by atoms with van der Waals surface area (Å²) in [7, 11) is -3.77. The van der Waals surface area contributed by atoms with Gasteiger partial charge in [0.1, 0.15) is 5.76 Å². The summed E-state index contributed by atoms with van der Waals surface area (Å²) in [5.41, 5.74) is 2.07. The van der Waals surface area contributed by atoms with Gasteiger partial charge in [0.15, 0.2) is 6.61 Å². The van der Waals surface area contributed by atoms with E-state index in [4.69, 9.17) is 9.15 Å². The molecule has 0 saturated heterocycles. The van der Waals surface area contributed by atoms with Gasteiger partial charge in [-0.25, -0.2) is 17.9 Å². The lowest BCUT2D eigenvalue weighted by Crippen LogP contribution is -2.33. The van der Waals surface area contributed by atoms with Crippen LogP contribution in [0.2, 0.25) is 0 Å². The standard InChI is InChI=1S/C22H20N2O6S/c25-21(24-12-11-16-4-1-2-6-20(16)24)15-30-22(26)17-7-9-19(10-8-17)31(27,28)23-14-18-5-3-13-29-18/h1-10,13,23H,11-12,14-15H2. The Labute approximate surface area is 179 Å². The molecule has 3 aromatic rings. The van der Waals surface area contributed by atoms with Gasteiger partial charge in [-0.05, 0) is 54.4 Å². The van der Waals surface area contributed by atoms with Gasteiger partial charge in [-0.1, -0.05) is 18.2 Å². The topological polar surface area (TPSA) is 106 Å². The number of esters is 1. The lowest BCUT2D eigenvalue weighted by atomic mass is 10.2. The molecule has 2 aromatic carbocycles. The molecule has 0 unspecified atom stereocenters. The zero-order valence-corrected chi connectivity index (χ0v) is 17.3. The number of nitrogens with zero attached hydrogens (tertiary/aromatic N) is 1. The maximum Gasteiger partial charge on any atom is 0.338 e. The van der Waals surface area contributed by atoms with E-state index in [0.29, 0.717) is 12.3 Å². The van der Waals surface area contributed by atoms with E-state index in [1.54, 1.807) is 17.0 Å². The lowest BCUT2D eigenvalue weighted by Gasteiger charge is -2.17. The molecule has 1 aromatic heterocycles. The number of amides is 1. The van der Waals surface area contributed by atoms with Gasteiger partial charge in [-0.3, -0.25) is 4.79 Å². The maximum absolute atomic E-state index is 12.5. The first-order valence-corrected chi connectivity index (χ1v) is 11.1. The number of sulfonamides is 1. The highest BCUT2D eigenvalue weighted by molar-refractivity contribution is 7.89. The third kappa shape index (κ3) is 4.68. The minimum Gasteiger partial charge on any atom is -0.468 e. The number of ether oxygens (including phenoxy) is 1. The molecule has 0 aliphatic carbocycles. The number of rotatable bonds is 7. The number of hydrogen-bond donors (Lipinski definition) is 1.